The second-order valence-corrected chi connectivity index (χ2v) is 10.9. The van der Waals surface area contributed by atoms with E-state index < -0.39 is 7.14 Å². The number of rotatable bonds is 9. The number of nitrogens with two attached hydrogens (primary N) is 2. The Hall–Kier alpha value is -1.33. The standard InChI is InChI=1S/C16H29N4O3P/c1-10(2)24(21,11(3)4)9-22-7-8-23-15-13(12-5-6-12)14(17)19-16(18)20-15/h10-12H,5-9H2,1-4H3,(H4,17,18,19,20). The van der Waals surface area contributed by atoms with Gasteiger partial charge in [-0.15, -0.1) is 0 Å². The third kappa shape index (κ3) is 4.39. The minimum atomic E-state index is -2.35. The predicted molar refractivity (Wildman–Crippen MR) is 97.0 cm³/mol. The molecular weight excluding hydrogens is 327 g/mol. The van der Waals surface area contributed by atoms with Gasteiger partial charge in [0.2, 0.25) is 11.8 Å². The highest BCUT2D eigenvalue weighted by molar-refractivity contribution is 7.65. The van der Waals surface area contributed by atoms with Crippen LogP contribution in [-0.4, -0.2) is 40.8 Å². The average molecular weight is 356 g/mol. The first kappa shape index (κ1) is 19.0. The van der Waals surface area contributed by atoms with Crippen molar-refractivity contribution in [3.05, 3.63) is 5.56 Å². The van der Waals surface area contributed by atoms with Crippen molar-refractivity contribution in [2.24, 2.45) is 0 Å². The predicted octanol–water partition coefficient (Wildman–Crippen LogP) is 3.05. The molecule has 1 fully saturated rings. The second-order valence-electron chi connectivity index (χ2n) is 6.89. The summed E-state index contributed by atoms with van der Waals surface area (Å²) < 4.78 is 24.2. The van der Waals surface area contributed by atoms with E-state index in [1.54, 1.807) is 0 Å². The average Bonchev–Trinajstić information content (AvgIpc) is 3.30. The molecule has 136 valence electrons. The molecule has 1 heterocycles. The SMILES string of the molecule is CC(C)P(=O)(COCCOc1nc(N)nc(N)c1C1CC1)C(C)C. The van der Waals surface area contributed by atoms with Gasteiger partial charge in [-0.3, -0.25) is 0 Å². The van der Waals surface area contributed by atoms with Crippen LogP contribution in [0, 0.1) is 0 Å². The van der Waals surface area contributed by atoms with Gasteiger partial charge in [0.15, 0.2) is 0 Å². The van der Waals surface area contributed by atoms with Crippen molar-refractivity contribution >= 4 is 18.9 Å². The van der Waals surface area contributed by atoms with Crippen molar-refractivity contribution in [1.29, 1.82) is 0 Å². The van der Waals surface area contributed by atoms with Gasteiger partial charge in [-0.05, 0) is 18.8 Å². The van der Waals surface area contributed by atoms with Gasteiger partial charge in [-0.1, -0.05) is 27.7 Å². The minimum Gasteiger partial charge on any atom is -0.475 e. The molecule has 0 bridgehead atoms. The summed E-state index contributed by atoms with van der Waals surface area (Å²) in [4.78, 5) is 8.16. The fourth-order valence-corrected chi connectivity index (χ4v) is 4.85. The third-order valence-corrected chi connectivity index (χ3v) is 8.53. The topological polar surface area (TPSA) is 113 Å². The Bertz CT molecular complexity index is 606. The molecule has 24 heavy (non-hydrogen) atoms. The van der Waals surface area contributed by atoms with Crippen molar-refractivity contribution in [3.63, 3.8) is 0 Å². The second kappa shape index (κ2) is 7.70. The van der Waals surface area contributed by atoms with Gasteiger partial charge in [0, 0.05) is 11.3 Å². The zero-order chi connectivity index (χ0) is 17.9. The minimum absolute atomic E-state index is 0.108. The normalized spacial score (nSPS) is 15.2. The van der Waals surface area contributed by atoms with Crippen LogP contribution in [0.2, 0.25) is 0 Å². The highest BCUT2D eigenvalue weighted by Gasteiger charge is 2.32. The Morgan fingerprint density at radius 3 is 2.29 bits per heavy atom. The summed E-state index contributed by atoms with van der Waals surface area (Å²) >= 11 is 0. The van der Waals surface area contributed by atoms with E-state index in [1.807, 2.05) is 27.7 Å². The monoisotopic (exact) mass is 356 g/mol. The van der Waals surface area contributed by atoms with E-state index in [2.05, 4.69) is 9.97 Å². The molecule has 2 rings (SSSR count). The first-order chi connectivity index (χ1) is 11.3. The Kier molecular flexibility index (Phi) is 6.10. The molecule has 0 unspecified atom stereocenters. The van der Waals surface area contributed by atoms with Crippen LogP contribution in [0.4, 0.5) is 11.8 Å². The van der Waals surface area contributed by atoms with Crippen LogP contribution in [0.5, 0.6) is 5.88 Å². The molecule has 1 aromatic rings. The summed E-state index contributed by atoms with van der Waals surface area (Å²) in [5.41, 5.74) is 12.7. The lowest BCUT2D eigenvalue weighted by molar-refractivity contribution is 0.127. The van der Waals surface area contributed by atoms with Gasteiger partial charge >= 0.3 is 0 Å². The maximum Gasteiger partial charge on any atom is 0.225 e. The zero-order valence-electron chi connectivity index (χ0n) is 15.0. The molecule has 1 aliphatic rings. The Morgan fingerprint density at radius 2 is 1.75 bits per heavy atom. The lowest BCUT2D eigenvalue weighted by Crippen LogP contribution is -2.16. The molecule has 0 radical (unpaired) electrons. The summed E-state index contributed by atoms with van der Waals surface area (Å²) in [5, 5.41) is 0. The van der Waals surface area contributed by atoms with E-state index in [1.165, 1.54) is 0 Å². The van der Waals surface area contributed by atoms with Crippen LogP contribution in [0.25, 0.3) is 0 Å². The molecule has 0 saturated heterocycles. The molecule has 0 aliphatic heterocycles. The van der Waals surface area contributed by atoms with E-state index in [0.717, 1.165) is 18.4 Å². The quantitative estimate of drug-likeness (QED) is 0.516. The van der Waals surface area contributed by atoms with Crippen molar-refractivity contribution in [3.8, 4) is 5.88 Å². The van der Waals surface area contributed by atoms with Crippen molar-refractivity contribution in [1.82, 2.24) is 9.97 Å². The summed E-state index contributed by atoms with van der Waals surface area (Å²) in [6, 6.07) is 0. The Balaban J connectivity index is 1.88. The van der Waals surface area contributed by atoms with E-state index in [9.17, 15) is 4.57 Å². The van der Waals surface area contributed by atoms with Gasteiger partial charge in [-0.2, -0.15) is 9.97 Å². The van der Waals surface area contributed by atoms with Crippen LogP contribution in [-0.2, 0) is 9.30 Å². The van der Waals surface area contributed by atoms with Gasteiger partial charge in [0.05, 0.1) is 12.2 Å². The molecule has 0 spiro atoms. The molecule has 8 heteroatoms. The fraction of sp³-hybridized carbons (Fsp3) is 0.750. The molecule has 1 saturated carbocycles. The third-order valence-electron chi connectivity index (χ3n) is 4.45. The lowest BCUT2D eigenvalue weighted by Gasteiger charge is -2.25. The van der Waals surface area contributed by atoms with Gasteiger partial charge < -0.3 is 25.5 Å². The van der Waals surface area contributed by atoms with E-state index in [4.69, 9.17) is 20.9 Å². The van der Waals surface area contributed by atoms with Gasteiger partial charge in [-0.25, -0.2) is 0 Å². The van der Waals surface area contributed by atoms with Gasteiger partial charge in [0.25, 0.3) is 0 Å². The molecule has 7 nitrogen and oxygen atoms in total. The number of hydrogen-bond acceptors (Lipinski definition) is 7. The largest absolute Gasteiger partial charge is 0.475 e. The van der Waals surface area contributed by atoms with Crippen LogP contribution >= 0.6 is 7.14 Å². The highest BCUT2D eigenvalue weighted by atomic mass is 31.2. The van der Waals surface area contributed by atoms with Crippen LogP contribution in [0.1, 0.15) is 52.0 Å². The van der Waals surface area contributed by atoms with E-state index >= 15 is 0 Å². The Labute approximate surface area is 143 Å². The molecular formula is C16H29N4O3P. The highest BCUT2D eigenvalue weighted by Crippen LogP contribution is 2.54. The lowest BCUT2D eigenvalue weighted by atomic mass is 10.2. The molecule has 1 aliphatic carbocycles. The molecule has 4 N–H and O–H groups in total. The van der Waals surface area contributed by atoms with Crippen LogP contribution in [0.15, 0.2) is 0 Å². The van der Waals surface area contributed by atoms with E-state index in [0.29, 0.717) is 30.8 Å². The number of nitrogen functional groups attached to an aromatic ring is 2. The number of ether oxygens (including phenoxy) is 2. The van der Waals surface area contributed by atoms with Crippen molar-refractivity contribution in [2.75, 3.05) is 31.0 Å². The maximum absolute atomic E-state index is 12.9. The van der Waals surface area contributed by atoms with Crippen molar-refractivity contribution < 1.29 is 14.0 Å². The van der Waals surface area contributed by atoms with E-state index in [-0.39, 0.29) is 23.6 Å². The number of aromatic nitrogens is 2. The van der Waals surface area contributed by atoms with Crippen molar-refractivity contribution in [2.45, 2.75) is 57.8 Å². The molecule has 0 aromatic carbocycles. The summed E-state index contributed by atoms with van der Waals surface area (Å²) in [6.07, 6.45) is 2.40. The molecule has 0 atom stereocenters. The molecule has 0 amide bonds. The zero-order valence-corrected chi connectivity index (χ0v) is 15.9. The Morgan fingerprint density at radius 1 is 1.12 bits per heavy atom. The first-order valence-corrected chi connectivity index (χ1v) is 10.5. The fourth-order valence-electron chi connectivity index (χ4n) is 2.65. The van der Waals surface area contributed by atoms with Gasteiger partial charge in [0.1, 0.15) is 25.9 Å². The number of anilines is 2. The molecule has 1 aromatic heterocycles. The maximum atomic E-state index is 12.9. The number of nitrogens with zero attached hydrogens (tertiary/aromatic N) is 2. The number of hydrogen-bond donors (Lipinski definition) is 2. The smallest absolute Gasteiger partial charge is 0.225 e. The summed E-state index contributed by atoms with van der Waals surface area (Å²) in [5.74, 6) is 1.31. The first-order valence-electron chi connectivity index (χ1n) is 8.47. The van der Waals surface area contributed by atoms with Crippen LogP contribution in [0.3, 0.4) is 0 Å². The summed E-state index contributed by atoms with van der Waals surface area (Å²) in [6.45, 7) is 8.58. The van der Waals surface area contributed by atoms with Crippen LogP contribution < -0.4 is 16.2 Å². The summed E-state index contributed by atoms with van der Waals surface area (Å²) in [7, 11) is -2.35.